The second-order valence-corrected chi connectivity index (χ2v) is 5.84. The van der Waals surface area contributed by atoms with Crippen LogP contribution in [0.4, 0.5) is 0 Å². The lowest BCUT2D eigenvalue weighted by Crippen LogP contribution is -2.21. The quantitative estimate of drug-likeness (QED) is 0.636. The van der Waals surface area contributed by atoms with Gasteiger partial charge in [0.2, 0.25) is 0 Å². The van der Waals surface area contributed by atoms with Gasteiger partial charge in [0.25, 0.3) is 0 Å². The fourth-order valence-electron chi connectivity index (χ4n) is 2.32. The highest BCUT2D eigenvalue weighted by atomic mass is 79.9. The van der Waals surface area contributed by atoms with E-state index >= 15 is 0 Å². The number of rotatable bonds is 8. The molecule has 102 valence electrons. The molecule has 0 fully saturated rings. The molecule has 1 N–H and O–H groups in total. The van der Waals surface area contributed by atoms with Gasteiger partial charge in [-0.2, -0.15) is 0 Å². The smallest absolute Gasteiger partial charge is 0.0331 e. The largest absolute Gasteiger partial charge is 0.310 e. The Bertz CT molecular complexity index is 349. The highest BCUT2D eigenvalue weighted by molar-refractivity contribution is 9.10. The van der Waals surface area contributed by atoms with Crippen molar-refractivity contribution in [2.75, 3.05) is 6.54 Å². The Morgan fingerprint density at radius 3 is 2.61 bits per heavy atom. The first-order chi connectivity index (χ1) is 8.69. The Kier molecular flexibility index (Phi) is 7.60. The normalized spacial score (nSPS) is 12.7. The molecule has 1 aromatic rings. The Hall–Kier alpha value is -0.340. The third-order valence-corrected chi connectivity index (χ3v) is 4.05. The van der Waals surface area contributed by atoms with E-state index in [1.165, 1.54) is 47.7 Å². The fraction of sp³-hybridized carbons (Fsp3) is 0.625. The summed E-state index contributed by atoms with van der Waals surface area (Å²) in [6.45, 7) is 7.64. The Morgan fingerprint density at radius 2 is 1.94 bits per heavy atom. The van der Waals surface area contributed by atoms with Crippen molar-refractivity contribution in [2.45, 2.75) is 58.9 Å². The maximum absolute atomic E-state index is 3.68. The molecule has 0 radical (unpaired) electrons. The first-order valence-corrected chi connectivity index (χ1v) is 7.97. The molecule has 0 amide bonds. The van der Waals surface area contributed by atoms with Crippen molar-refractivity contribution in [2.24, 2.45) is 0 Å². The minimum Gasteiger partial charge on any atom is -0.310 e. The molecule has 18 heavy (non-hydrogen) atoms. The van der Waals surface area contributed by atoms with E-state index in [0.717, 1.165) is 6.54 Å². The summed E-state index contributed by atoms with van der Waals surface area (Å²) in [6.07, 6.45) is 6.55. The Morgan fingerprint density at radius 1 is 1.17 bits per heavy atom. The van der Waals surface area contributed by atoms with E-state index in [-0.39, 0.29) is 0 Å². The second kappa shape index (κ2) is 8.71. The molecule has 1 atom stereocenters. The molecule has 1 nitrogen and oxygen atoms in total. The van der Waals surface area contributed by atoms with Gasteiger partial charge in [0.05, 0.1) is 0 Å². The predicted molar refractivity (Wildman–Crippen MR) is 84.1 cm³/mol. The van der Waals surface area contributed by atoms with Gasteiger partial charge in [-0.3, -0.25) is 0 Å². The average Bonchev–Trinajstić information content (AvgIpc) is 2.36. The van der Waals surface area contributed by atoms with Crippen LogP contribution in [0, 0.1) is 6.92 Å². The van der Waals surface area contributed by atoms with Gasteiger partial charge in [0.15, 0.2) is 0 Å². The summed E-state index contributed by atoms with van der Waals surface area (Å²) in [6, 6.07) is 7.12. The Balaban J connectivity index is 2.67. The minimum absolute atomic E-state index is 0.487. The van der Waals surface area contributed by atoms with Crippen molar-refractivity contribution >= 4 is 15.9 Å². The number of aryl methyl sites for hydroxylation is 1. The standard InChI is InChI=1S/C16H26BrN/c1-4-6-7-8-9-16(18-5-2)14-12-13(3)10-11-15(14)17/h10-12,16,18H,4-9H2,1-3H3. The van der Waals surface area contributed by atoms with Crippen LogP contribution in [0.2, 0.25) is 0 Å². The van der Waals surface area contributed by atoms with Crippen molar-refractivity contribution in [3.63, 3.8) is 0 Å². The first kappa shape index (κ1) is 15.7. The van der Waals surface area contributed by atoms with Crippen molar-refractivity contribution < 1.29 is 0 Å². The topological polar surface area (TPSA) is 12.0 Å². The molecule has 2 heteroatoms. The monoisotopic (exact) mass is 311 g/mol. The number of unbranched alkanes of at least 4 members (excludes halogenated alkanes) is 3. The Labute approximate surface area is 120 Å². The predicted octanol–water partition coefficient (Wildman–Crippen LogP) is 5.38. The van der Waals surface area contributed by atoms with Gasteiger partial charge in [-0.15, -0.1) is 0 Å². The van der Waals surface area contributed by atoms with Gasteiger partial charge in [-0.05, 0) is 31.5 Å². The van der Waals surface area contributed by atoms with Gasteiger partial charge in [0.1, 0.15) is 0 Å². The van der Waals surface area contributed by atoms with Crippen LogP contribution in [0.25, 0.3) is 0 Å². The molecule has 0 aliphatic rings. The molecule has 0 saturated heterocycles. The van der Waals surface area contributed by atoms with Gasteiger partial charge in [-0.25, -0.2) is 0 Å². The van der Waals surface area contributed by atoms with Crippen LogP contribution in [0.3, 0.4) is 0 Å². The molecule has 0 saturated carbocycles. The van der Waals surface area contributed by atoms with E-state index in [0.29, 0.717) is 6.04 Å². The zero-order valence-corrected chi connectivity index (χ0v) is 13.5. The zero-order valence-electron chi connectivity index (χ0n) is 11.9. The molecule has 0 aromatic heterocycles. The molecule has 1 rings (SSSR count). The summed E-state index contributed by atoms with van der Waals surface area (Å²) < 4.78 is 1.23. The maximum atomic E-state index is 3.68. The highest BCUT2D eigenvalue weighted by Crippen LogP contribution is 2.28. The van der Waals surface area contributed by atoms with Crippen molar-refractivity contribution in [1.82, 2.24) is 5.32 Å². The van der Waals surface area contributed by atoms with Gasteiger partial charge < -0.3 is 5.32 Å². The van der Waals surface area contributed by atoms with Crippen molar-refractivity contribution in [1.29, 1.82) is 0 Å². The molecule has 1 aromatic carbocycles. The fourth-order valence-corrected chi connectivity index (χ4v) is 2.84. The molecule has 0 aliphatic carbocycles. The highest BCUT2D eigenvalue weighted by Gasteiger charge is 2.13. The van der Waals surface area contributed by atoms with E-state index in [4.69, 9.17) is 0 Å². The first-order valence-electron chi connectivity index (χ1n) is 7.18. The summed E-state index contributed by atoms with van der Waals surface area (Å²) in [5, 5.41) is 3.61. The molecular weight excluding hydrogens is 286 g/mol. The molecule has 0 heterocycles. The third-order valence-electron chi connectivity index (χ3n) is 3.32. The second-order valence-electron chi connectivity index (χ2n) is 4.98. The van der Waals surface area contributed by atoms with E-state index in [1.54, 1.807) is 0 Å². The van der Waals surface area contributed by atoms with Crippen LogP contribution in [-0.2, 0) is 0 Å². The van der Waals surface area contributed by atoms with Crippen LogP contribution in [0.5, 0.6) is 0 Å². The van der Waals surface area contributed by atoms with Crippen LogP contribution in [0.15, 0.2) is 22.7 Å². The molecular formula is C16H26BrN. The number of benzene rings is 1. The number of halogens is 1. The molecule has 0 spiro atoms. The zero-order chi connectivity index (χ0) is 13.4. The third kappa shape index (κ3) is 5.11. The maximum Gasteiger partial charge on any atom is 0.0331 e. The summed E-state index contributed by atoms with van der Waals surface area (Å²) in [7, 11) is 0. The lowest BCUT2D eigenvalue weighted by atomic mass is 9.98. The number of hydrogen-bond donors (Lipinski definition) is 1. The summed E-state index contributed by atoms with van der Waals surface area (Å²) in [4.78, 5) is 0. The van der Waals surface area contributed by atoms with Crippen LogP contribution >= 0.6 is 15.9 Å². The van der Waals surface area contributed by atoms with Crippen LogP contribution in [-0.4, -0.2) is 6.54 Å². The molecule has 1 unspecified atom stereocenters. The summed E-state index contributed by atoms with van der Waals surface area (Å²) in [5.41, 5.74) is 2.75. The molecule has 0 aliphatic heterocycles. The van der Waals surface area contributed by atoms with Crippen molar-refractivity contribution in [3.05, 3.63) is 33.8 Å². The lowest BCUT2D eigenvalue weighted by Gasteiger charge is -2.20. The molecule has 0 bridgehead atoms. The van der Waals surface area contributed by atoms with Crippen molar-refractivity contribution in [3.8, 4) is 0 Å². The van der Waals surface area contributed by atoms with E-state index in [1.807, 2.05) is 0 Å². The van der Waals surface area contributed by atoms with E-state index < -0.39 is 0 Å². The average molecular weight is 312 g/mol. The van der Waals surface area contributed by atoms with Gasteiger partial charge in [-0.1, -0.05) is 73.2 Å². The van der Waals surface area contributed by atoms with Crippen LogP contribution in [0.1, 0.15) is 63.1 Å². The van der Waals surface area contributed by atoms with Gasteiger partial charge >= 0.3 is 0 Å². The SMILES string of the molecule is CCCCCCC(NCC)c1cc(C)ccc1Br. The minimum atomic E-state index is 0.487. The van der Waals surface area contributed by atoms with Gasteiger partial charge in [0, 0.05) is 10.5 Å². The number of nitrogens with one attached hydrogen (secondary N) is 1. The van der Waals surface area contributed by atoms with E-state index in [2.05, 4.69) is 60.2 Å². The van der Waals surface area contributed by atoms with Crippen LogP contribution < -0.4 is 5.32 Å². The van der Waals surface area contributed by atoms with E-state index in [9.17, 15) is 0 Å². The lowest BCUT2D eigenvalue weighted by molar-refractivity contribution is 0.480. The summed E-state index contributed by atoms with van der Waals surface area (Å²) in [5.74, 6) is 0. The summed E-state index contributed by atoms with van der Waals surface area (Å²) >= 11 is 3.68. The number of hydrogen-bond acceptors (Lipinski definition) is 1.